The van der Waals surface area contributed by atoms with Gasteiger partial charge in [-0.25, -0.2) is 4.79 Å². The van der Waals surface area contributed by atoms with Crippen molar-refractivity contribution in [1.29, 1.82) is 0 Å². The largest absolute Gasteiger partial charge is 0.493 e. The molecule has 1 aliphatic carbocycles. The van der Waals surface area contributed by atoms with E-state index in [0.717, 1.165) is 24.0 Å². The molecule has 0 spiro atoms. The normalized spacial score (nSPS) is 13.8. The van der Waals surface area contributed by atoms with Gasteiger partial charge in [-0.15, -0.1) is 0 Å². The first kappa shape index (κ1) is 24.8. The van der Waals surface area contributed by atoms with Crippen LogP contribution in [0.15, 0.2) is 47.5 Å². The van der Waals surface area contributed by atoms with Crippen molar-refractivity contribution >= 4 is 11.9 Å². The number of carbonyl (C=O) groups is 1. The highest BCUT2D eigenvalue weighted by Crippen LogP contribution is 2.34. The lowest BCUT2D eigenvalue weighted by Crippen LogP contribution is -2.23. The predicted octanol–water partition coefficient (Wildman–Crippen LogP) is 2.98. The molecule has 3 rings (SSSR count). The molecular weight excluding hydrogens is 434 g/mol. The minimum atomic E-state index is -0.442. The number of carbonyl (C=O) groups excluding carboxylic acids is 1. The number of rotatable bonds is 9. The van der Waals surface area contributed by atoms with Gasteiger partial charge in [0.05, 0.1) is 32.8 Å². The van der Waals surface area contributed by atoms with Crippen LogP contribution in [0.5, 0.6) is 17.2 Å². The molecule has 0 aliphatic heterocycles. The number of nitrogens with two attached hydrogens (primary N) is 2. The molecule has 1 aliphatic rings. The average Bonchev–Trinajstić information content (AvgIpc) is 3.36. The van der Waals surface area contributed by atoms with Gasteiger partial charge < -0.3 is 30.4 Å². The van der Waals surface area contributed by atoms with E-state index in [-0.39, 0.29) is 24.6 Å². The number of ether oxygens (including phenoxy) is 4. The monoisotopic (exact) mass is 465 g/mol. The van der Waals surface area contributed by atoms with E-state index in [1.807, 2.05) is 30.3 Å². The summed E-state index contributed by atoms with van der Waals surface area (Å²) in [5, 5.41) is 0. The van der Waals surface area contributed by atoms with Gasteiger partial charge in [-0.1, -0.05) is 17.9 Å². The first-order valence-electron chi connectivity index (χ1n) is 11.2. The fourth-order valence-corrected chi connectivity index (χ4v) is 3.63. The van der Waals surface area contributed by atoms with Crippen molar-refractivity contribution < 1.29 is 23.7 Å². The molecule has 1 fully saturated rings. The van der Waals surface area contributed by atoms with E-state index < -0.39 is 5.97 Å². The molecule has 4 N–H and O–H groups in total. The van der Waals surface area contributed by atoms with Crippen molar-refractivity contribution in [2.24, 2.45) is 16.5 Å². The van der Waals surface area contributed by atoms with E-state index in [0.29, 0.717) is 23.8 Å². The standard InChI is InChI=1S/C26H31N3O5/c1-31-23-14-11-19(15-24(23)34-22-5-3-4-6-22)20(16-29-26(27)28)10-7-18-8-12-21(13-9-18)33-17-25(30)32-2/h8-9,11-15,20,22H,3-6,16-17H2,1-2H3,(H4,27,28,29). The second-order valence-corrected chi connectivity index (χ2v) is 7.91. The number of methoxy groups -OCH3 is 2. The number of aliphatic imine (C=N–C) groups is 1. The molecule has 1 atom stereocenters. The Balaban J connectivity index is 1.80. The summed E-state index contributed by atoms with van der Waals surface area (Å²) < 4.78 is 21.7. The fraction of sp³-hybridized carbons (Fsp3) is 0.385. The highest BCUT2D eigenvalue weighted by atomic mass is 16.6. The molecule has 180 valence electrons. The summed E-state index contributed by atoms with van der Waals surface area (Å²) in [6, 6.07) is 12.9. The third-order valence-corrected chi connectivity index (χ3v) is 5.47. The summed E-state index contributed by atoms with van der Waals surface area (Å²) in [6.07, 6.45) is 4.65. The molecule has 2 aromatic carbocycles. The van der Waals surface area contributed by atoms with Crippen LogP contribution in [0.2, 0.25) is 0 Å². The zero-order chi connectivity index (χ0) is 24.3. The maximum atomic E-state index is 11.2. The Kier molecular flexibility index (Phi) is 9.04. The first-order chi connectivity index (χ1) is 16.5. The summed E-state index contributed by atoms with van der Waals surface area (Å²) >= 11 is 0. The van der Waals surface area contributed by atoms with Crippen LogP contribution < -0.4 is 25.7 Å². The minimum absolute atomic E-state index is 0.00912. The van der Waals surface area contributed by atoms with E-state index in [1.165, 1.54) is 20.0 Å². The van der Waals surface area contributed by atoms with Crippen LogP contribution in [0.1, 0.15) is 42.7 Å². The number of nitrogens with zero attached hydrogens (tertiary/aromatic N) is 1. The molecule has 8 nitrogen and oxygen atoms in total. The zero-order valence-electron chi connectivity index (χ0n) is 19.6. The number of esters is 1. The quantitative estimate of drug-likeness (QED) is 0.253. The van der Waals surface area contributed by atoms with E-state index >= 15 is 0 Å². The van der Waals surface area contributed by atoms with E-state index in [4.69, 9.17) is 25.7 Å². The highest BCUT2D eigenvalue weighted by Gasteiger charge is 2.20. The van der Waals surface area contributed by atoms with Crippen LogP contribution in [-0.4, -0.2) is 45.4 Å². The van der Waals surface area contributed by atoms with Crippen LogP contribution in [0.4, 0.5) is 0 Å². The van der Waals surface area contributed by atoms with Crippen molar-refractivity contribution in [3.63, 3.8) is 0 Å². The Hall–Kier alpha value is -3.86. The van der Waals surface area contributed by atoms with Crippen molar-refractivity contribution in [1.82, 2.24) is 0 Å². The van der Waals surface area contributed by atoms with E-state index in [2.05, 4.69) is 21.6 Å². The summed E-state index contributed by atoms with van der Waals surface area (Å²) in [4.78, 5) is 15.4. The van der Waals surface area contributed by atoms with E-state index in [1.54, 1.807) is 19.2 Å². The van der Waals surface area contributed by atoms with Gasteiger partial charge in [-0.2, -0.15) is 0 Å². The van der Waals surface area contributed by atoms with Crippen LogP contribution in [0, 0.1) is 11.8 Å². The third kappa shape index (κ3) is 7.34. The molecule has 0 heterocycles. The number of guanidine groups is 1. The Morgan fingerprint density at radius 3 is 2.47 bits per heavy atom. The average molecular weight is 466 g/mol. The minimum Gasteiger partial charge on any atom is -0.493 e. The summed E-state index contributed by atoms with van der Waals surface area (Å²) in [5.74, 6) is 7.69. The Bertz CT molecular complexity index is 1050. The molecule has 0 radical (unpaired) electrons. The number of hydrogen-bond donors (Lipinski definition) is 2. The maximum Gasteiger partial charge on any atom is 0.343 e. The molecule has 1 unspecified atom stereocenters. The topological polar surface area (TPSA) is 118 Å². The van der Waals surface area contributed by atoms with Crippen molar-refractivity contribution in [3.8, 4) is 29.1 Å². The molecule has 2 aromatic rings. The van der Waals surface area contributed by atoms with Gasteiger partial charge in [0.2, 0.25) is 0 Å². The Labute approximate surface area is 200 Å². The maximum absolute atomic E-state index is 11.2. The number of benzene rings is 2. The van der Waals surface area contributed by atoms with Crippen LogP contribution >= 0.6 is 0 Å². The smallest absolute Gasteiger partial charge is 0.343 e. The predicted molar refractivity (Wildman–Crippen MR) is 130 cm³/mol. The molecule has 8 heteroatoms. The summed E-state index contributed by atoms with van der Waals surface area (Å²) in [7, 11) is 2.95. The lowest BCUT2D eigenvalue weighted by molar-refractivity contribution is -0.142. The molecule has 0 saturated heterocycles. The van der Waals surface area contributed by atoms with E-state index in [9.17, 15) is 4.79 Å². The molecular formula is C26H31N3O5. The fourth-order valence-electron chi connectivity index (χ4n) is 3.63. The zero-order valence-corrected chi connectivity index (χ0v) is 19.6. The Morgan fingerprint density at radius 1 is 1.09 bits per heavy atom. The Morgan fingerprint density at radius 2 is 1.82 bits per heavy atom. The molecule has 1 saturated carbocycles. The second-order valence-electron chi connectivity index (χ2n) is 7.91. The van der Waals surface area contributed by atoms with Crippen LogP contribution in [0.25, 0.3) is 0 Å². The van der Waals surface area contributed by atoms with Gasteiger partial charge >= 0.3 is 5.97 Å². The van der Waals surface area contributed by atoms with Crippen LogP contribution in [0.3, 0.4) is 0 Å². The van der Waals surface area contributed by atoms with Crippen LogP contribution in [-0.2, 0) is 9.53 Å². The van der Waals surface area contributed by atoms with Gasteiger partial charge in [-0.3, -0.25) is 4.99 Å². The van der Waals surface area contributed by atoms with Crippen molar-refractivity contribution in [3.05, 3.63) is 53.6 Å². The number of hydrogen-bond acceptors (Lipinski definition) is 6. The molecule has 34 heavy (non-hydrogen) atoms. The van der Waals surface area contributed by atoms with Gasteiger partial charge in [0, 0.05) is 5.56 Å². The lowest BCUT2D eigenvalue weighted by Gasteiger charge is -2.18. The van der Waals surface area contributed by atoms with Gasteiger partial charge in [-0.05, 0) is 67.6 Å². The van der Waals surface area contributed by atoms with Gasteiger partial charge in [0.25, 0.3) is 0 Å². The summed E-state index contributed by atoms with van der Waals surface area (Å²) in [5.41, 5.74) is 12.9. The summed E-state index contributed by atoms with van der Waals surface area (Å²) in [6.45, 7) is 0.162. The van der Waals surface area contributed by atoms with Crippen molar-refractivity contribution in [2.45, 2.75) is 37.7 Å². The lowest BCUT2D eigenvalue weighted by atomic mass is 9.98. The van der Waals surface area contributed by atoms with Gasteiger partial charge in [0.1, 0.15) is 5.75 Å². The second kappa shape index (κ2) is 12.4. The molecule has 0 aromatic heterocycles. The molecule has 0 bridgehead atoms. The highest BCUT2D eigenvalue weighted by molar-refractivity contribution is 5.75. The third-order valence-electron chi connectivity index (χ3n) is 5.47. The van der Waals surface area contributed by atoms with Gasteiger partial charge in [0.15, 0.2) is 24.1 Å². The SMILES string of the molecule is COC(=O)COc1ccc(C#CC(CN=C(N)N)c2ccc(OC)c(OC3CCCC3)c2)cc1. The van der Waals surface area contributed by atoms with Crippen molar-refractivity contribution in [2.75, 3.05) is 27.4 Å². The molecule has 0 amide bonds. The first-order valence-corrected chi connectivity index (χ1v) is 11.2.